The molecular weight excluding hydrogens is 259 g/mol. The molecule has 2 N–H and O–H groups in total. The van der Waals surface area contributed by atoms with E-state index in [-0.39, 0.29) is 23.7 Å². The van der Waals surface area contributed by atoms with Gasteiger partial charge in [-0.3, -0.25) is 4.79 Å². The van der Waals surface area contributed by atoms with Crippen LogP contribution in [0.4, 0.5) is 10.1 Å². The van der Waals surface area contributed by atoms with Crippen LogP contribution in [-0.4, -0.2) is 31.7 Å². The van der Waals surface area contributed by atoms with Gasteiger partial charge in [0.1, 0.15) is 5.82 Å². The molecule has 1 aromatic carbocycles. The van der Waals surface area contributed by atoms with Crippen LogP contribution in [0.5, 0.6) is 0 Å². The van der Waals surface area contributed by atoms with E-state index >= 15 is 0 Å². The Morgan fingerprint density at radius 3 is 2.95 bits per heavy atom. The van der Waals surface area contributed by atoms with Crippen LogP contribution < -0.4 is 10.6 Å². The van der Waals surface area contributed by atoms with E-state index in [0.717, 1.165) is 13.0 Å². The van der Waals surface area contributed by atoms with Crippen LogP contribution in [0.2, 0.25) is 0 Å². The number of aryl methyl sites for hydroxylation is 1. The average molecular weight is 280 g/mol. The first-order chi connectivity index (χ1) is 9.61. The molecule has 2 rings (SSSR count). The summed E-state index contributed by atoms with van der Waals surface area (Å²) in [5.41, 5.74) is 1.14. The number of nitrogens with one attached hydrogen (secondary N) is 2. The monoisotopic (exact) mass is 280 g/mol. The van der Waals surface area contributed by atoms with Crippen molar-refractivity contribution >= 4 is 11.6 Å². The van der Waals surface area contributed by atoms with Crippen molar-refractivity contribution in [3.63, 3.8) is 0 Å². The normalized spacial score (nSPS) is 21.9. The molecule has 1 aliphatic rings. The minimum Gasteiger partial charge on any atom is -0.379 e. The Kier molecular flexibility index (Phi) is 5.09. The standard InChI is InChI=1S/C15H21FN2O2/c1-3-6-17-14-9-20-8-12(14)15(19)18-11-4-5-13(16)10(2)7-11/h4-5,7,12,14,17H,3,6,8-9H2,1-2H3,(H,18,19). The molecule has 1 aliphatic heterocycles. The SMILES string of the molecule is CCCNC1COCC1C(=O)Nc1ccc(F)c(C)c1. The molecule has 20 heavy (non-hydrogen) atoms. The third-order valence-electron chi connectivity index (χ3n) is 3.50. The molecule has 0 bridgehead atoms. The number of carbonyl (C=O) groups excluding carboxylic acids is 1. The number of hydrogen-bond donors (Lipinski definition) is 2. The summed E-state index contributed by atoms with van der Waals surface area (Å²) in [6.45, 7) is 5.61. The summed E-state index contributed by atoms with van der Waals surface area (Å²) in [6, 6.07) is 4.63. The van der Waals surface area contributed by atoms with Crippen molar-refractivity contribution in [3.8, 4) is 0 Å². The predicted molar refractivity (Wildman–Crippen MR) is 76.2 cm³/mol. The van der Waals surface area contributed by atoms with Gasteiger partial charge >= 0.3 is 0 Å². The lowest BCUT2D eigenvalue weighted by Crippen LogP contribution is -2.41. The molecule has 1 saturated heterocycles. The number of anilines is 1. The second-order valence-corrected chi connectivity index (χ2v) is 5.16. The minimum absolute atomic E-state index is 0.0523. The lowest BCUT2D eigenvalue weighted by Gasteiger charge is -2.18. The number of carbonyl (C=O) groups is 1. The molecule has 0 spiro atoms. The van der Waals surface area contributed by atoms with Crippen LogP contribution >= 0.6 is 0 Å². The number of ether oxygens (including phenoxy) is 1. The summed E-state index contributed by atoms with van der Waals surface area (Å²) in [6.07, 6.45) is 1.02. The highest BCUT2D eigenvalue weighted by atomic mass is 19.1. The largest absolute Gasteiger partial charge is 0.379 e. The third kappa shape index (κ3) is 3.55. The molecule has 0 saturated carbocycles. The maximum Gasteiger partial charge on any atom is 0.231 e. The van der Waals surface area contributed by atoms with Gasteiger partial charge in [-0.2, -0.15) is 0 Å². The molecule has 0 radical (unpaired) electrons. The summed E-state index contributed by atoms with van der Waals surface area (Å²) in [5.74, 6) is -0.552. The van der Waals surface area contributed by atoms with E-state index in [1.54, 1.807) is 19.1 Å². The van der Waals surface area contributed by atoms with Gasteiger partial charge in [-0.25, -0.2) is 4.39 Å². The molecule has 4 nitrogen and oxygen atoms in total. The van der Waals surface area contributed by atoms with Crippen molar-refractivity contribution in [2.75, 3.05) is 25.1 Å². The molecule has 1 aromatic rings. The summed E-state index contributed by atoms with van der Waals surface area (Å²) in [7, 11) is 0. The van der Waals surface area contributed by atoms with Crippen molar-refractivity contribution in [2.45, 2.75) is 26.3 Å². The smallest absolute Gasteiger partial charge is 0.231 e. The van der Waals surface area contributed by atoms with E-state index in [2.05, 4.69) is 17.6 Å². The van der Waals surface area contributed by atoms with Gasteiger partial charge in [0.25, 0.3) is 0 Å². The van der Waals surface area contributed by atoms with E-state index in [1.807, 2.05) is 0 Å². The fourth-order valence-corrected chi connectivity index (χ4v) is 2.30. The molecule has 1 fully saturated rings. The average Bonchev–Trinajstić information content (AvgIpc) is 2.89. The minimum atomic E-state index is -0.269. The van der Waals surface area contributed by atoms with Crippen molar-refractivity contribution in [1.82, 2.24) is 5.32 Å². The van der Waals surface area contributed by atoms with Crippen molar-refractivity contribution in [1.29, 1.82) is 0 Å². The van der Waals surface area contributed by atoms with Gasteiger partial charge in [-0.1, -0.05) is 6.92 Å². The Morgan fingerprint density at radius 1 is 1.45 bits per heavy atom. The Bertz CT molecular complexity index is 479. The first kappa shape index (κ1) is 14.9. The molecule has 0 aromatic heterocycles. The van der Waals surface area contributed by atoms with E-state index in [1.165, 1.54) is 6.07 Å². The van der Waals surface area contributed by atoms with Gasteiger partial charge in [-0.15, -0.1) is 0 Å². The second-order valence-electron chi connectivity index (χ2n) is 5.16. The number of amides is 1. The van der Waals surface area contributed by atoms with Crippen molar-refractivity contribution in [3.05, 3.63) is 29.6 Å². The molecule has 0 aliphatic carbocycles. The van der Waals surface area contributed by atoms with Crippen molar-refractivity contribution < 1.29 is 13.9 Å². The van der Waals surface area contributed by atoms with E-state index in [9.17, 15) is 9.18 Å². The highest BCUT2D eigenvalue weighted by Gasteiger charge is 2.33. The maximum atomic E-state index is 13.2. The van der Waals surface area contributed by atoms with E-state index < -0.39 is 0 Å². The maximum absolute atomic E-state index is 13.2. The Labute approximate surface area is 118 Å². The van der Waals surface area contributed by atoms with Gasteiger partial charge in [0, 0.05) is 11.7 Å². The van der Waals surface area contributed by atoms with Crippen LogP contribution in [0.15, 0.2) is 18.2 Å². The third-order valence-corrected chi connectivity index (χ3v) is 3.50. The van der Waals surface area contributed by atoms with Gasteiger partial charge < -0.3 is 15.4 Å². The van der Waals surface area contributed by atoms with Crippen molar-refractivity contribution in [2.24, 2.45) is 5.92 Å². The summed E-state index contributed by atoms with van der Waals surface area (Å²) >= 11 is 0. The number of hydrogen-bond acceptors (Lipinski definition) is 3. The van der Waals surface area contributed by atoms with Crippen LogP contribution in [0.25, 0.3) is 0 Å². The first-order valence-corrected chi connectivity index (χ1v) is 7.00. The fourth-order valence-electron chi connectivity index (χ4n) is 2.30. The lowest BCUT2D eigenvalue weighted by molar-refractivity contribution is -0.120. The summed E-state index contributed by atoms with van der Waals surface area (Å²) in [5, 5.41) is 6.16. The molecule has 1 amide bonds. The fraction of sp³-hybridized carbons (Fsp3) is 0.533. The number of rotatable bonds is 5. The second kappa shape index (κ2) is 6.81. The molecule has 110 valence electrons. The molecule has 2 atom stereocenters. The lowest BCUT2D eigenvalue weighted by atomic mass is 10.0. The topological polar surface area (TPSA) is 50.4 Å². The zero-order valence-electron chi connectivity index (χ0n) is 11.9. The molecule has 5 heteroatoms. The van der Waals surface area contributed by atoms with Gasteiger partial charge in [0.05, 0.1) is 19.1 Å². The van der Waals surface area contributed by atoms with Crippen LogP contribution in [0.1, 0.15) is 18.9 Å². The molecule has 1 heterocycles. The van der Waals surface area contributed by atoms with E-state index in [4.69, 9.17) is 4.74 Å². The Balaban J connectivity index is 1.98. The predicted octanol–water partition coefficient (Wildman–Crippen LogP) is 2.09. The zero-order chi connectivity index (χ0) is 14.5. The zero-order valence-corrected chi connectivity index (χ0v) is 11.9. The van der Waals surface area contributed by atoms with Gasteiger partial charge in [0.2, 0.25) is 5.91 Å². The van der Waals surface area contributed by atoms with E-state index in [0.29, 0.717) is 24.5 Å². The molecule has 2 unspecified atom stereocenters. The van der Waals surface area contributed by atoms with Crippen LogP contribution in [0, 0.1) is 18.7 Å². The summed E-state index contributed by atoms with van der Waals surface area (Å²) in [4.78, 5) is 12.3. The highest BCUT2D eigenvalue weighted by molar-refractivity contribution is 5.93. The van der Waals surface area contributed by atoms with Gasteiger partial charge in [-0.05, 0) is 43.7 Å². The first-order valence-electron chi connectivity index (χ1n) is 7.00. The highest BCUT2D eigenvalue weighted by Crippen LogP contribution is 2.18. The number of benzene rings is 1. The Morgan fingerprint density at radius 2 is 2.25 bits per heavy atom. The Hall–Kier alpha value is -1.46. The quantitative estimate of drug-likeness (QED) is 0.868. The number of halogens is 1. The summed E-state index contributed by atoms with van der Waals surface area (Å²) < 4.78 is 18.6. The van der Waals surface area contributed by atoms with Gasteiger partial charge in [0.15, 0.2) is 0 Å². The van der Waals surface area contributed by atoms with Crippen LogP contribution in [-0.2, 0) is 9.53 Å². The van der Waals surface area contributed by atoms with Crippen LogP contribution in [0.3, 0.4) is 0 Å². The molecular formula is C15H21FN2O2.